The van der Waals surface area contributed by atoms with Gasteiger partial charge in [0.15, 0.2) is 5.58 Å². The van der Waals surface area contributed by atoms with Gasteiger partial charge in [-0.15, -0.1) is 0 Å². The number of nitrogens with one attached hydrogen (secondary N) is 1. The second-order valence-electron chi connectivity index (χ2n) is 5.89. The first-order valence-electron chi connectivity index (χ1n) is 8.24. The van der Waals surface area contributed by atoms with E-state index in [2.05, 4.69) is 10.3 Å². The van der Waals surface area contributed by atoms with Gasteiger partial charge in [0.05, 0.1) is 7.11 Å². The molecule has 0 aliphatic heterocycles. The normalized spacial score (nSPS) is 10.7. The quantitative estimate of drug-likeness (QED) is 0.515. The molecule has 134 valence electrons. The summed E-state index contributed by atoms with van der Waals surface area (Å²) in [5.41, 5.74) is 3.37. The number of ether oxygens (including phenoxy) is 1. The number of carbonyl (C=O) groups excluding carboxylic acids is 1. The number of aromatic nitrogens is 1. The number of halogens is 1. The second kappa shape index (κ2) is 7.13. The van der Waals surface area contributed by atoms with Crippen LogP contribution in [0.1, 0.15) is 10.4 Å². The molecule has 5 nitrogen and oxygen atoms in total. The first-order chi connectivity index (χ1) is 13.1. The zero-order chi connectivity index (χ0) is 18.8. The molecule has 0 radical (unpaired) electrons. The van der Waals surface area contributed by atoms with E-state index in [1.807, 2.05) is 12.1 Å². The number of nitrogens with zero attached hydrogens (tertiary/aromatic N) is 1. The molecule has 0 aliphatic carbocycles. The van der Waals surface area contributed by atoms with Crippen LogP contribution in [0.25, 0.3) is 22.6 Å². The Morgan fingerprint density at radius 3 is 2.67 bits per heavy atom. The number of anilines is 1. The Balaban J connectivity index is 1.53. The van der Waals surface area contributed by atoms with Crippen LogP contribution in [0.3, 0.4) is 0 Å². The molecule has 1 amide bonds. The van der Waals surface area contributed by atoms with Gasteiger partial charge in [0, 0.05) is 21.8 Å². The van der Waals surface area contributed by atoms with Crippen molar-refractivity contribution in [3.63, 3.8) is 0 Å². The third-order valence-corrected chi connectivity index (χ3v) is 4.31. The Morgan fingerprint density at radius 2 is 1.89 bits per heavy atom. The molecule has 0 saturated carbocycles. The zero-order valence-corrected chi connectivity index (χ0v) is 15.2. The molecule has 0 spiro atoms. The van der Waals surface area contributed by atoms with Crippen molar-refractivity contribution in [3.05, 3.63) is 77.3 Å². The molecular formula is C21H15ClN2O3. The maximum Gasteiger partial charge on any atom is 0.255 e. The van der Waals surface area contributed by atoms with Crippen molar-refractivity contribution in [2.45, 2.75) is 0 Å². The molecule has 4 aromatic rings. The van der Waals surface area contributed by atoms with Crippen molar-refractivity contribution in [1.82, 2.24) is 4.98 Å². The molecule has 0 fully saturated rings. The fourth-order valence-electron chi connectivity index (χ4n) is 2.69. The van der Waals surface area contributed by atoms with Gasteiger partial charge in [-0.1, -0.05) is 17.7 Å². The number of rotatable bonds is 4. The van der Waals surface area contributed by atoms with Gasteiger partial charge >= 0.3 is 0 Å². The van der Waals surface area contributed by atoms with E-state index in [0.717, 1.165) is 5.56 Å². The highest BCUT2D eigenvalue weighted by molar-refractivity contribution is 6.31. The third kappa shape index (κ3) is 3.64. The predicted octanol–water partition coefficient (Wildman–Crippen LogP) is 5.41. The lowest BCUT2D eigenvalue weighted by Gasteiger charge is -2.07. The summed E-state index contributed by atoms with van der Waals surface area (Å²) in [6.45, 7) is 0. The summed E-state index contributed by atoms with van der Waals surface area (Å²) in [5.74, 6) is 0.921. The van der Waals surface area contributed by atoms with E-state index in [1.165, 1.54) is 0 Å². The van der Waals surface area contributed by atoms with Crippen molar-refractivity contribution < 1.29 is 13.9 Å². The summed E-state index contributed by atoms with van der Waals surface area (Å²) in [7, 11) is 1.57. The number of hydrogen-bond acceptors (Lipinski definition) is 4. The molecule has 0 atom stereocenters. The van der Waals surface area contributed by atoms with E-state index in [4.69, 9.17) is 20.8 Å². The molecule has 1 aromatic heterocycles. The van der Waals surface area contributed by atoms with E-state index in [9.17, 15) is 4.79 Å². The summed E-state index contributed by atoms with van der Waals surface area (Å²) >= 11 is 5.98. The largest absolute Gasteiger partial charge is 0.497 e. The van der Waals surface area contributed by atoms with Crippen LogP contribution in [0.2, 0.25) is 5.02 Å². The van der Waals surface area contributed by atoms with Crippen molar-refractivity contribution in [2.24, 2.45) is 0 Å². The Labute approximate surface area is 160 Å². The lowest BCUT2D eigenvalue weighted by Crippen LogP contribution is -2.11. The van der Waals surface area contributed by atoms with Crippen molar-refractivity contribution >= 4 is 34.3 Å². The van der Waals surface area contributed by atoms with E-state index >= 15 is 0 Å². The summed E-state index contributed by atoms with van der Waals surface area (Å²) < 4.78 is 10.9. The van der Waals surface area contributed by atoms with Gasteiger partial charge in [0.1, 0.15) is 11.3 Å². The molecular weight excluding hydrogens is 364 g/mol. The number of fused-ring (bicyclic) bond motifs is 1. The highest BCUT2D eigenvalue weighted by Crippen LogP contribution is 2.27. The van der Waals surface area contributed by atoms with Gasteiger partial charge in [0.2, 0.25) is 5.89 Å². The first kappa shape index (κ1) is 17.1. The lowest BCUT2D eigenvalue weighted by molar-refractivity contribution is 0.102. The summed E-state index contributed by atoms with van der Waals surface area (Å²) in [6, 6.07) is 19.6. The molecule has 4 rings (SSSR count). The van der Waals surface area contributed by atoms with Gasteiger partial charge in [-0.3, -0.25) is 4.79 Å². The molecule has 27 heavy (non-hydrogen) atoms. The zero-order valence-electron chi connectivity index (χ0n) is 14.4. The summed E-state index contributed by atoms with van der Waals surface area (Å²) in [4.78, 5) is 16.8. The van der Waals surface area contributed by atoms with Crippen LogP contribution in [0.4, 0.5) is 5.69 Å². The van der Waals surface area contributed by atoms with Crippen molar-refractivity contribution in [1.29, 1.82) is 0 Å². The Hall–Kier alpha value is -3.31. The average molecular weight is 379 g/mol. The van der Waals surface area contributed by atoms with Crippen molar-refractivity contribution in [2.75, 3.05) is 12.4 Å². The topological polar surface area (TPSA) is 64.4 Å². The molecule has 0 saturated heterocycles. The third-order valence-electron chi connectivity index (χ3n) is 4.07. The maximum absolute atomic E-state index is 12.4. The van der Waals surface area contributed by atoms with Crippen LogP contribution in [-0.4, -0.2) is 18.0 Å². The number of amides is 1. The van der Waals surface area contributed by atoms with Gasteiger partial charge in [0.25, 0.3) is 5.91 Å². The van der Waals surface area contributed by atoms with Gasteiger partial charge in [-0.05, 0) is 60.7 Å². The number of hydrogen-bond donors (Lipinski definition) is 1. The van der Waals surface area contributed by atoms with Crippen LogP contribution in [0.5, 0.6) is 5.75 Å². The van der Waals surface area contributed by atoms with Crippen LogP contribution in [-0.2, 0) is 0 Å². The minimum atomic E-state index is -0.210. The van der Waals surface area contributed by atoms with Crippen LogP contribution < -0.4 is 10.1 Å². The predicted molar refractivity (Wildman–Crippen MR) is 105 cm³/mol. The number of methoxy groups -OCH3 is 1. The highest BCUT2D eigenvalue weighted by atomic mass is 35.5. The molecule has 1 heterocycles. The SMILES string of the molecule is COc1cccc(C(=O)Nc2ccc(-c3nc4cc(Cl)ccc4o3)cc2)c1. The minimum absolute atomic E-state index is 0.210. The average Bonchev–Trinajstić information content (AvgIpc) is 3.11. The van der Waals surface area contributed by atoms with Gasteiger partial charge < -0.3 is 14.5 Å². The molecule has 3 aromatic carbocycles. The van der Waals surface area contributed by atoms with Crippen LogP contribution >= 0.6 is 11.6 Å². The number of carbonyl (C=O) groups is 1. The standard InChI is InChI=1S/C21H15ClN2O3/c1-26-17-4-2-3-14(11-17)20(25)23-16-8-5-13(6-9-16)21-24-18-12-15(22)7-10-19(18)27-21/h2-12H,1H3,(H,23,25). The first-order valence-corrected chi connectivity index (χ1v) is 8.62. The van der Waals surface area contributed by atoms with Crippen LogP contribution in [0.15, 0.2) is 71.1 Å². The van der Waals surface area contributed by atoms with E-state index in [0.29, 0.717) is 39.0 Å². The fraction of sp³-hybridized carbons (Fsp3) is 0.0476. The van der Waals surface area contributed by atoms with Gasteiger partial charge in [-0.2, -0.15) is 0 Å². The second-order valence-corrected chi connectivity index (χ2v) is 6.33. The minimum Gasteiger partial charge on any atom is -0.497 e. The summed E-state index contributed by atoms with van der Waals surface area (Å²) in [6.07, 6.45) is 0. The molecule has 1 N–H and O–H groups in total. The Morgan fingerprint density at radius 1 is 1.07 bits per heavy atom. The molecule has 0 aliphatic rings. The van der Waals surface area contributed by atoms with E-state index in [1.54, 1.807) is 61.7 Å². The smallest absolute Gasteiger partial charge is 0.255 e. The Bertz CT molecular complexity index is 1120. The number of oxazole rings is 1. The molecule has 0 bridgehead atoms. The van der Waals surface area contributed by atoms with Gasteiger partial charge in [-0.25, -0.2) is 4.98 Å². The number of benzene rings is 3. The highest BCUT2D eigenvalue weighted by Gasteiger charge is 2.10. The van der Waals surface area contributed by atoms with Crippen molar-refractivity contribution in [3.8, 4) is 17.2 Å². The maximum atomic E-state index is 12.4. The molecule has 0 unspecified atom stereocenters. The molecule has 6 heteroatoms. The van der Waals surface area contributed by atoms with E-state index in [-0.39, 0.29) is 5.91 Å². The lowest BCUT2D eigenvalue weighted by atomic mass is 10.1. The van der Waals surface area contributed by atoms with E-state index < -0.39 is 0 Å². The van der Waals surface area contributed by atoms with Crippen LogP contribution in [0, 0.1) is 0 Å². The Kier molecular flexibility index (Phi) is 4.52. The summed E-state index contributed by atoms with van der Waals surface area (Å²) in [5, 5.41) is 3.47. The fourth-order valence-corrected chi connectivity index (χ4v) is 2.85. The monoisotopic (exact) mass is 378 g/mol.